The van der Waals surface area contributed by atoms with E-state index in [1.54, 1.807) is 11.3 Å². The topological polar surface area (TPSA) is 89.0 Å². The number of carbonyl (C=O) groups excluding carboxylic acids is 2. The highest BCUT2D eigenvalue weighted by atomic mass is 32.1. The third-order valence-electron chi connectivity index (χ3n) is 5.86. The first-order valence-corrected chi connectivity index (χ1v) is 10.4. The van der Waals surface area contributed by atoms with E-state index >= 15 is 0 Å². The van der Waals surface area contributed by atoms with Gasteiger partial charge in [-0.1, -0.05) is 0 Å². The van der Waals surface area contributed by atoms with Crippen molar-refractivity contribution in [3.63, 3.8) is 0 Å². The van der Waals surface area contributed by atoms with Crippen LogP contribution in [0.3, 0.4) is 0 Å². The van der Waals surface area contributed by atoms with Gasteiger partial charge >= 0.3 is 0 Å². The van der Waals surface area contributed by atoms with Crippen molar-refractivity contribution in [3.8, 4) is 0 Å². The van der Waals surface area contributed by atoms with Crippen LogP contribution in [0.4, 0.5) is 0 Å². The summed E-state index contributed by atoms with van der Waals surface area (Å²) in [5.41, 5.74) is -0.0681. The number of carbonyl (C=O) groups is 2. The summed E-state index contributed by atoms with van der Waals surface area (Å²) in [5.74, 6) is -0.0256. The van der Waals surface area contributed by atoms with Gasteiger partial charge in [0, 0.05) is 70.2 Å². The molecular formula is C18H27N5O3S. The molecule has 1 spiro atoms. The monoisotopic (exact) mass is 393 g/mol. The van der Waals surface area contributed by atoms with Gasteiger partial charge in [-0.2, -0.15) is 0 Å². The van der Waals surface area contributed by atoms with Crippen molar-refractivity contribution >= 4 is 23.2 Å². The first kappa shape index (κ1) is 18.8. The minimum Gasteiger partial charge on any atom is -0.392 e. The summed E-state index contributed by atoms with van der Waals surface area (Å²) in [6.07, 6.45) is 2.57. The molecule has 9 heteroatoms. The number of hydrogen-bond acceptors (Lipinski definition) is 7. The number of aromatic nitrogens is 1. The van der Waals surface area contributed by atoms with Crippen molar-refractivity contribution in [1.29, 1.82) is 0 Å². The highest BCUT2D eigenvalue weighted by Gasteiger charge is 2.56. The van der Waals surface area contributed by atoms with Crippen molar-refractivity contribution < 1.29 is 14.7 Å². The predicted molar refractivity (Wildman–Crippen MR) is 101 cm³/mol. The number of likely N-dealkylation sites (tertiary alicyclic amines) is 1. The fraction of sp³-hybridized carbons (Fsp3) is 0.722. The molecule has 2 unspecified atom stereocenters. The summed E-state index contributed by atoms with van der Waals surface area (Å²) >= 11 is 1.67. The number of hydrogen-bond donors (Lipinski definition) is 2. The van der Waals surface area contributed by atoms with Gasteiger partial charge in [-0.15, -0.1) is 11.3 Å². The van der Waals surface area contributed by atoms with Crippen LogP contribution in [0.2, 0.25) is 0 Å². The van der Waals surface area contributed by atoms with Gasteiger partial charge in [-0.25, -0.2) is 4.98 Å². The molecule has 2 N–H and O–H groups in total. The second-order valence-electron chi connectivity index (χ2n) is 8.00. The zero-order valence-electron chi connectivity index (χ0n) is 15.6. The molecule has 148 valence electrons. The molecular weight excluding hydrogens is 366 g/mol. The third-order valence-corrected chi connectivity index (χ3v) is 6.63. The molecule has 3 aliphatic rings. The van der Waals surface area contributed by atoms with Gasteiger partial charge in [0.05, 0.1) is 18.2 Å². The zero-order valence-corrected chi connectivity index (χ0v) is 16.5. The van der Waals surface area contributed by atoms with Crippen LogP contribution in [0.25, 0.3) is 0 Å². The molecule has 4 heterocycles. The number of aliphatic hydroxyl groups excluding tert-OH is 1. The summed E-state index contributed by atoms with van der Waals surface area (Å²) in [7, 11) is 0. The fourth-order valence-electron chi connectivity index (χ4n) is 4.81. The van der Waals surface area contributed by atoms with Gasteiger partial charge in [0.2, 0.25) is 11.8 Å². The van der Waals surface area contributed by atoms with Crippen molar-refractivity contribution in [1.82, 2.24) is 25.0 Å². The molecule has 2 atom stereocenters. The van der Waals surface area contributed by atoms with E-state index in [-0.39, 0.29) is 29.5 Å². The molecule has 0 aromatic carbocycles. The molecule has 4 rings (SSSR count). The maximum Gasteiger partial charge on any atom is 0.224 e. The molecule has 0 bridgehead atoms. The third kappa shape index (κ3) is 3.87. The molecule has 1 aromatic rings. The Morgan fingerprint density at radius 3 is 2.89 bits per heavy atom. The molecule has 0 radical (unpaired) electrons. The number of amides is 2. The number of nitrogens with one attached hydrogen (secondary N) is 1. The Morgan fingerprint density at radius 2 is 2.19 bits per heavy atom. The van der Waals surface area contributed by atoms with Crippen LogP contribution in [-0.4, -0.2) is 93.6 Å². The smallest absolute Gasteiger partial charge is 0.224 e. The fourth-order valence-corrected chi connectivity index (χ4v) is 5.46. The lowest BCUT2D eigenvalue weighted by Gasteiger charge is -2.61. The molecule has 0 aliphatic carbocycles. The summed E-state index contributed by atoms with van der Waals surface area (Å²) in [5, 5.41) is 16.0. The molecule has 3 saturated heterocycles. The summed E-state index contributed by atoms with van der Waals surface area (Å²) in [6, 6.07) is 0.223. The highest BCUT2D eigenvalue weighted by molar-refractivity contribution is 7.09. The lowest BCUT2D eigenvalue weighted by Crippen LogP contribution is -2.78. The van der Waals surface area contributed by atoms with Crippen LogP contribution >= 0.6 is 11.3 Å². The standard InChI is InChI=1S/C18H27N5O3S/c1-13(24)19-3-2-17(26)22-7-14-6-15(25)8-23(14)18(12-22)10-21(11-18)9-16-20-4-5-27-16/h4-5,14-15,25H,2-3,6-12H2,1H3,(H,19,24). The molecule has 0 saturated carbocycles. The van der Waals surface area contributed by atoms with Gasteiger partial charge in [0.1, 0.15) is 5.01 Å². The maximum absolute atomic E-state index is 12.7. The second kappa shape index (κ2) is 7.46. The number of fused-ring (bicyclic) bond motifs is 2. The van der Waals surface area contributed by atoms with E-state index in [9.17, 15) is 14.7 Å². The van der Waals surface area contributed by atoms with Gasteiger partial charge in [0.15, 0.2) is 0 Å². The number of thiazole rings is 1. The first-order valence-electron chi connectivity index (χ1n) is 9.53. The Labute approximate surface area is 163 Å². The average Bonchev–Trinajstić information content (AvgIpc) is 3.21. The largest absolute Gasteiger partial charge is 0.392 e. The molecule has 27 heavy (non-hydrogen) atoms. The Balaban J connectivity index is 1.40. The van der Waals surface area contributed by atoms with Crippen molar-refractivity contribution in [2.45, 2.75) is 44.0 Å². The zero-order chi connectivity index (χ0) is 19.0. The van der Waals surface area contributed by atoms with Gasteiger partial charge < -0.3 is 15.3 Å². The minimum atomic E-state index is -0.311. The van der Waals surface area contributed by atoms with E-state index in [0.717, 1.165) is 31.1 Å². The van der Waals surface area contributed by atoms with E-state index in [1.165, 1.54) is 6.92 Å². The van der Waals surface area contributed by atoms with E-state index in [1.807, 2.05) is 16.5 Å². The normalized spacial score (nSPS) is 27.4. The quantitative estimate of drug-likeness (QED) is 0.701. The highest BCUT2D eigenvalue weighted by Crippen LogP contribution is 2.39. The molecule has 2 amide bonds. The van der Waals surface area contributed by atoms with E-state index in [2.05, 4.69) is 20.1 Å². The first-order chi connectivity index (χ1) is 12.9. The SMILES string of the molecule is CC(=O)NCCC(=O)N1CC2CC(O)CN2C2(CN(Cc3nccs3)C2)C1. The summed E-state index contributed by atoms with van der Waals surface area (Å²) in [4.78, 5) is 34.8. The lowest BCUT2D eigenvalue weighted by atomic mass is 9.83. The van der Waals surface area contributed by atoms with Crippen LogP contribution in [0, 0.1) is 0 Å². The lowest BCUT2D eigenvalue weighted by molar-refractivity contribution is -0.151. The van der Waals surface area contributed by atoms with Gasteiger partial charge in [0.25, 0.3) is 0 Å². The van der Waals surface area contributed by atoms with E-state index in [4.69, 9.17) is 0 Å². The van der Waals surface area contributed by atoms with E-state index < -0.39 is 0 Å². The molecule has 1 aromatic heterocycles. The van der Waals surface area contributed by atoms with Crippen LogP contribution in [0.1, 0.15) is 24.8 Å². The number of aliphatic hydroxyl groups is 1. The Bertz CT molecular complexity index is 691. The molecule has 3 aliphatic heterocycles. The summed E-state index contributed by atoms with van der Waals surface area (Å²) < 4.78 is 0. The van der Waals surface area contributed by atoms with Crippen molar-refractivity contribution in [3.05, 3.63) is 16.6 Å². The maximum atomic E-state index is 12.7. The number of rotatable bonds is 5. The number of nitrogens with zero attached hydrogens (tertiary/aromatic N) is 4. The van der Waals surface area contributed by atoms with E-state index in [0.29, 0.717) is 32.6 Å². The van der Waals surface area contributed by atoms with Crippen LogP contribution < -0.4 is 5.32 Å². The van der Waals surface area contributed by atoms with Crippen LogP contribution in [0.5, 0.6) is 0 Å². The molecule has 8 nitrogen and oxygen atoms in total. The average molecular weight is 394 g/mol. The van der Waals surface area contributed by atoms with Crippen LogP contribution in [-0.2, 0) is 16.1 Å². The van der Waals surface area contributed by atoms with Crippen LogP contribution in [0.15, 0.2) is 11.6 Å². The Hall–Kier alpha value is -1.55. The minimum absolute atomic E-state index is 0.0681. The second-order valence-corrected chi connectivity index (χ2v) is 8.98. The van der Waals surface area contributed by atoms with Gasteiger partial charge in [-0.3, -0.25) is 19.4 Å². The number of piperazine rings is 1. The molecule has 3 fully saturated rings. The Kier molecular flexibility index (Phi) is 5.19. The Morgan fingerprint density at radius 1 is 1.37 bits per heavy atom. The number of β-amino-alcohol motifs (C(OH)–C–C–N with tert-alkyl or cyclic N) is 1. The van der Waals surface area contributed by atoms with Crippen molar-refractivity contribution in [2.75, 3.05) is 39.3 Å². The van der Waals surface area contributed by atoms with Crippen molar-refractivity contribution in [2.24, 2.45) is 0 Å². The predicted octanol–water partition coefficient (Wildman–Crippen LogP) is -0.499. The van der Waals surface area contributed by atoms with Gasteiger partial charge in [-0.05, 0) is 6.42 Å². The summed E-state index contributed by atoms with van der Waals surface area (Å²) in [6.45, 7) is 6.54.